The molecular formula is C28H36N2O3. The smallest absolute Gasteiger partial charge is 0.223 e. The maximum atomic E-state index is 12.6. The Morgan fingerprint density at radius 1 is 1.12 bits per heavy atom. The van der Waals surface area contributed by atoms with Crippen LogP contribution in [0, 0.1) is 6.92 Å². The summed E-state index contributed by atoms with van der Waals surface area (Å²) in [7, 11) is 1.67. The molecular weight excluding hydrogens is 412 g/mol. The van der Waals surface area contributed by atoms with Gasteiger partial charge in [0, 0.05) is 24.1 Å². The number of rotatable bonds is 8. The summed E-state index contributed by atoms with van der Waals surface area (Å²) in [5.74, 6) is 1.57. The number of amides is 1. The van der Waals surface area contributed by atoms with Crippen molar-refractivity contribution in [1.82, 2.24) is 5.32 Å². The lowest BCUT2D eigenvalue weighted by Gasteiger charge is -2.49. The maximum absolute atomic E-state index is 12.6. The third-order valence-electron chi connectivity index (χ3n) is 7.10. The first-order valence-corrected chi connectivity index (χ1v) is 12.0. The number of unbranched alkanes of at least 4 members (excludes halogenated alkanes) is 2. The van der Waals surface area contributed by atoms with Crippen LogP contribution < -0.4 is 19.7 Å². The molecule has 1 amide bonds. The number of anilines is 1. The van der Waals surface area contributed by atoms with Crippen molar-refractivity contribution in [1.29, 1.82) is 0 Å². The van der Waals surface area contributed by atoms with E-state index in [1.165, 1.54) is 23.2 Å². The molecule has 176 valence electrons. The fraction of sp³-hybridized carbons (Fsp3) is 0.464. The van der Waals surface area contributed by atoms with Crippen LogP contribution in [0.1, 0.15) is 63.1 Å². The monoisotopic (exact) mass is 448 g/mol. The third-order valence-corrected chi connectivity index (χ3v) is 7.10. The van der Waals surface area contributed by atoms with Crippen molar-refractivity contribution in [3.05, 3.63) is 59.2 Å². The molecule has 0 radical (unpaired) electrons. The minimum Gasteiger partial charge on any atom is -0.493 e. The molecule has 2 aliphatic rings. The number of aryl methyl sites for hydroxylation is 1. The molecule has 33 heavy (non-hydrogen) atoms. The molecule has 2 aliphatic heterocycles. The highest BCUT2D eigenvalue weighted by Crippen LogP contribution is 2.52. The minimum absolute atomic E-state index is 0.0851. The summed E-state index contributed by atoms with van der Waals surface area (Å²) in [6.45, 7) is 10.1. The average molecular weight is 449 g/mol. The second-order valence-corrected chi connectivity index (χ2v) is 9.66. The van der Waals surface area contributed by atoms with Gasteiger partial charge in [-0.3, -0.25) is 4.79 Å². The molecule has 0 unspecified atom stereocenters. The highest BCUT2D eigenvalue weighted by molar-refractivity contribution is 5.84. The molecule has 2 aromatic carbocycles. The van der Waals surface area contributed by atoms with Crippen LogP contribution in [0.25, 0.3) is 6.08 Å². The van der Waals surface area contributed by atoms with Gasteiger partial charge in [-0.2, -0.15) is 0 Å². The summed E-state index contributed by atoms with van der Waals surface area (Å²) < 4.78 is 11.5. The lowest BCUT2D eigenvalue weighted by molar-refractivity contribution is -0.124. The number of nitrogens with one attached hydrogen (secondary N) is 1. The van der Waals surface area contributed by atoms with Crippen molar-refractivity contribution in [3.8, 4) is 11.5 Å². The Balaban J connectivity index is 1.66. The van der Waals surface area contributed by atoms with E-state index in [2.05, 4.69) is 68.3 Å². The predicted octanol–water partition coefficient (Wildman–Crippen LogP) is 5.60. The lowest BCUT2D eigenvalue weighted by Crippen LogP contribution is -2.68. The van der Waals surface area contributed by atoms with Gasteiger partial charge in [-0.25, -0.2) is 0 Å². The molecule has 2 aromatic rings. The molecule has 2 heterocycles. The molecule has 5 nitrogen and oxygen atoms in total. The van der Waals surface area contributed by atoms with Crippen LogP contribution in [-0.4, -0.2) is 31.8 Å². The van der Waals surface area contributed by atoms with E-state index in [0.717, 1.165) is 29.9 Å². The molecule has 1 N–H and O–H groups in total. The summed E-state index contributed by atoms with van der Waals surface area (Å²) in [4.78, 5) is 15.0. The molecule has 0 aromatic heterocycles. The highest BCUT2D eigenvalue weighted by Gasteiger charge is 2.57. The largest absolute Gasteiger partial charge is 0.493 e. The van der Waals surface area contributed by atoms with Crippen LogP contribution in [0.3, 0.4) is 0 Å². The van der Waals surface area contributed by atoms with Gasteiger partial charge in [-0.1, -0.05) is 63.5 Å². The first kappa shape index (κ1) is 23.2. The van der Waals surface area contributed by atoms with E-state index in [4.69, 9.17) is 9.47 Å². The van der Waals surface area contributed by atoms with Crippen LogP contribution in [0.15, 0.2) is 42.5 Å². The van der Waals surface area contributed by atoms with E-state index in [9.17, 15) is 4.79 Å². The number of fused-ring (bicyclic) bond motifs is 3. The molecule has 0 saturated carbocycles. The van der Waals surface area contributed by atoms with E-state index in [1.54, 1.807) is 7.11 Å². The lowest BCUT2D eigenvalue weighted by atomic mass is 9.74. The standard InChI is InChI=1S/C28H36N2O3/c1-6-7-8-17-33-24-12-10-21(19-25(24)32-5)13-15-28-27(3,4)22-18-20(2)9-11-23(22)30(28)16-14-26(31)29-28/h9-13,15,18-19H,6-8,14,16-17H2,1-5H3,(H,29,31)/b15-13+/t28-/m1/s1. The van der Waals surface area contributed by atoms with Gasteiger partial charge in [0.25, 0.3) is 0 Å². The Morgan fingerprint density at radius 3 is 2.70 bits per heavy atom. The van der Waals surface area contributed by atoms with E-state index in [-0.39, 0.29) is 11.3 Å². The number of carbonyl (C=O) groups excluding carboxylic acids is 1. The van der Waals surface area contributed by atoms with Gasteiger partial charge in [0.2, 0.25) is 5.91 Å². The summed E-state index contributed by atoms with van der Waals surface area (Å²) in [6.07, 6.45) is 8.09. The number of ether oxygens (including phenoxy) is 2. The first-order valence-electron chi connectivity index (χ1n) is 12.0. The fourth-order valence-electron chi connectivity index (χ4n) is 5.13. The highest BCUT2D eigenvalue weighted by atomic mass is 16.5. The van der Waals surface area contributed by atoms with Crippen LogP contribution in [0.5, 0.6) is 11.5 Å². The van der Waals surface area contributed by atoms with Crippen molar-refractivity contribution >= 4 is 17.7 Å². The molecule has 5 heteroatoms. The molecule has 1 fully saturated rings. The zero-order valence-corrected chi connectivity index (χ0v) is 20.5. The predicted molar refractivity (Wildman–Crippen MR) is 134 cm³/mol. The summed E-state index contributed by atoms with van der Waals surface area (Å²) >= 11 is 0. The summed E-state index contributed by atoms with van der Waals surface area (Å²) in [5, 5.41) is 3.34. The number of nitrogens with zero attached hydrogens (tertiary/aromatic N) is 1. The van der Waals surface area contributed by atoms with Gasteiger partial charge < -0.3 is 19.7 Å². The van der Waals surface area contributed by atoms with Crippen molar-refractivity contribution in [3.63, 3.8) is 0 Å². The summed E-state index contributed by atoms with van der Waals surface area (Å²) in [6, 6.07) is 12.6. The van der Waals surface area contributed by atoms with Crippen molar-refractivity contribution in [2.24, 2.45) is 0 Å². The van der Waals surface area contributed by atoms with Gasteiger partial charge >= 0.3 is 0 Å². The van der Waals surface area contributed by atoms with Crippen LogP contribution in [-0.2, 0) is 10.2 Å². The van der Waals surface area contributed by atoms with E-state index < -0.39 is 5.66 Å². The van der Waals surface area contributed by atoms with Crippen LogP contribution in [0.4, 0.5) is 5.69 Å². The number of hydrogen-bond acceptors (Lipinski definition) is 4. The third kappa shape index (κ3) is 4.09. The number of methoxy groups -OCH3 is 1. The Hall–Kier alpha value is -2.95. The minimum atomic E-state index is -0.624. The number of carbonyl (C=O) groups is 1. The van der Waals surface area contributed by atoms with Gasteiger partial charge in [0.15, 0.2) is 11.5 Å². The second kappa shape index (κ2) is 9.12. The van der Waals surface area contributed by atoms with Crippen molar-refractivity contribution in [2.45, 2.75) is 64.5 Å². The van der Waals surface area contributed by atoms with Crippen molar-refractivity contribution < 1.29 is 14.3 Å². The molecule has 4 rings (SSSR count). The number of hydrogen-bond donors (Lipinski definition) is 1. The van der Waals surface area contributed by atoms with Gasteiger partial charge in [-0.05, 0) is 48.7 Å². The zero-order valence-electron chi connectivity index (χ0n) is 20.5. The quantitative estimate of drug-likeness (QED) is 0.534. The average Bonchev–Trinajstić information content (AvgIpc) is 2.98. The topological polar surface area (TPSA) is 50.8 Å². The van der Waals surface area contributed by atoms with E-state index in [1.807, 2.05) is 18.2 Å². The molecule has 1 saturated heterocycles. The Labute approximate surface area is 197 Å². The van der Waals surface area contributed by atoms with Gasteiger partial charge in [0.05, 0.1) is 13.7 Å². The van der Waals surface area contributed by atoms with Crippen LogP contribution >= 0.6 is 0 Å². The summed E-state index contributed by atoms with van der Waals surface area (Å²) in [5.41, 5.74) is 3.77. The molecule has 0 spiro atoms. The normalized spacial score (nSPS) is 21.0. The Bertz CT molecular complexity index is 1060. The maximum Gasteiger partial charge on any atom is 0.223 e. The SMILES string of the molecule is CCCCCOc1ccc(/C=C/[C@@]23NC(=O)CCN2c2ccc(C)cc2C3(C)C)cc1OC. The van der Waals surface area contributed by atoms with E-state index >= 15 is 0 Å². The van der Waals surface area contributed by atoms with E-state index in [0.29, 0.717) is 19.6 Å². The van der Waals surface area contributed by atoms with Gasteiger partial charge in [0.1, 0.15) is 5.66 Å². The number of benzene rings is 2. The first-order chi connectivity index (χ1) is 15.8. The second-order valence-electron chi connectivity index (χ2n) is 9.66. The molecule has 0 aliphatic carbocycles. The fourth-order valence-corrected chi connectivity index (χ4v) is 5.13. The zero-order chi connectivity index (χ0) is 23.6. The van der Waals surface area contributed by atoms with Crippen LogP contribution in [0.2, 0.25) is 0 Å². The van der Waals surface area contributed by atoms with Crippen molar-refractivity contribution in [2.75, 3.05) is 25.2 Å². The van der Waals surface area contributed by atoms with Gasteiger partial charge in [-0.15, -0.1) is 0 Å². The Kier molecular flexibility index (Phi) is 6.42. The molecule has 1 atom stereocenters. The molecule has 0 bridgehead atoms. The Morgan fingerprint density at radius 2 is 1.94 bits per heavy atom.